The normalized spacial score (nSPS) is 15.0. The van der Waals surface area contributed by atoms with Crippen molar-refractivity contribution in [2.24, 2.45) is 5.92 Å². The van der Waals surface area contributed by atoms with E-state index in [2.05, 4.69) is 19.9 Å². The van der Waals surface area contributed by atoms with Crippen molar-refractivity contribution in [3.05, 3.63) is 48.2 Å². The van der Waals surface area contributed by atoms with Crippen molar-refractivity contribution in [3.63, 3.8) is 0 Å². The summed E-state index contributed by atoms with van der Waals surface area (Å²) in [4.78, 5) is 16.3. The highest BCUT2D eigenvalue weighted by Crippen LogP contribution is 2.31. The van der Waals surface area contributed by atoms with Gasteiger partial charge in [0.15, 0.2) is 11.5 Å². The summed E-state index contributed by atoms with van der Waals surface area (Å²) in [5.41, 5.74) is 3.02. The average Bonchev–Trinajstić information content (AvgIpc) is 3.21. The molecule has 5 rings (SSSR count). The summed E-state index contributed by atoms with van der Waals surface area (Å²) in [6.07, 6.45) is 11.6. The van der Waals surface area contributed by atoms with Gasteiger partial charge in [0, 0.05) is 41.5 Å². The molecule has 4 aromatic heterocycles. The number of aromatic amines is 1. The topological polar surface area (TPSA) is 79.1 Å². The molecule has 0 atom stereocenters. The lowest BCUT2D eigenvalue weighted by Gasteiger charge is -2.24. The summed E-state index contributed by atoms with van der Waals surface area (Å²) in [5, 5.41) is 10.3. The number of pyridine rings is 1. The van der Waals surface area contributed by atoms with E-state index < -0.39 is 5.82 Å². The number of aliphatic hydroxyl groups is 1. The molecule has 26 heavy (non-hydrogen) atoms. The van der Waals surface area contributed by atoms with Crippen LogP contribution in [0.1, 0.15) is 30.8 Å². The monoisotopic (exact) mass is 351 g/mol. The summed E-state index contributed by atoms with van der Waals surface area (Å²) in [6.45, 7) is -0.203. The molecule has 0 bridgehead atoms. The van der Waals surface area contributed by atoms with Crippen LogP contribution in [0.2, 0.25) is 0 Å². The number of aliphatic hydroxyl groups excluding tert-OH is 1. The lowest BCUT2D eigenvalue weighted by Crippen LogP contribution is -2.15. The van der Waals surface area contributed by atoms with E-state index in [4.69, 9.17) is 0 Å². The van der Waals surface area contributed by atoms with Crippen molar-refractivity contribution in [2.75, 3.05) is 0 Å². The van der Waals surface area contributed by atoms with Gasteiger partial charge in [-0.25, -0.2) is 19.3 Å². The van der Waals surface area contributed by atoms with Gasteiger partial charge < -0.3 is 10.1 Å². The predicted octanol–water partition coefficient (Wildman–Crippen LogP) is 3.25. The van der Waals surface area contributed by atoms with E-state index in [9.17, 15) is 9.50 Å². The molecule has 4 heterocycles. The van der Waals surface area contributed by atoms with Crippen molar-refractivity contribution in [2.45, 2.75) is 32.3 Å². The fourth-order valence-electron chi connectivity index (χ4n) is 3.59. The zero-order chi connectivity index (χ0) is 17.7. The van der Waals surface area contributed by atoms with E-state index in [1.807, 2.05) is 12.4 Å². The highest BCUT2D eigenvalue weighted by atomic mass is 19.1. The van der Waals surface area contributed by atoms with Crippen LogP contribution in [-0.2, 0) is 13.0 Å². The number of hydrogen-bond donors (Lipinski definition) is 2. The van der Waals surface area contributed by atoms with Crippen LogP contribution >= 0.6 is 0 Å². The van der Waals surface area contributed by atoms with Gasteiger partial charge in [-0.1, -0.05) is 19.3 Å². The molecule has 0 aromatic carbocycles. The third kappa shape index (κ3) is 2.39. The van der Waals surface area contributed by atoms with Crippen LogP contribution in [-0.4, -0.2) is 29.4 Å². The minimum absolute atomic E-state index is 0.203. The second-order valence-corrected chi connectivity index (χ2v) is 6.93. The Kier molecular flexibility index (Phi) is 3.49. The van der Waals surface area contributed by atoms with Gasteiger partial charge in [-0.2, -0.15) is 0 Å². The molecule has 1 aliphatic rings. The Balaban J connectivity index is 1.59. The van der Waals surface area contributed by atoms with E-state index in [0.717, 1.165) is 28.8 Å². The second-order valence-electron chi connectivity index (χ2n) is 6.93. The Morgan fingerprint density at radius 2 is 2.15 bits per heavy atom. The van der Waals surface area contributed by atoms with E-state index in [1.165, 1.54) is 31.5 Å². The molecule has 132 valence electrons. The van der Waals surface area contributed by atoms with Crippen LogP contribution in [0.15, 0.2) is 30.9 Å². The molecule has 0 unspecified atom stereocenters. The number of fused-ring (bicyclic) bond motifs is 2. The maximum atomic E-state index is 14.4. The molecule has 0 spiro atoms. The molecule has 0 radical (unpaired) electrons. The van der Waals surface area contributed by atoms with Crippen LogP contribution in [0, 0.1) is 11.7 Å². The minimum Gasteiger partial charge on any atom is -0.390 e. The van der Waals surface area contributed by atoms with Gasteiger partial charge in [0.05, 0.1) is 18.5 Å². The fraction of sp³-hybridized carbons (Fsp3) is 0.316. The molecular weight excluding hydrogens is 333 g/mol. The summed E-state index contributed by atoms with van der Waals surface area (Å²) in [7, 11) is 0. The van der Waals surface area contributed by atoms with Gasteiger partial charge in [0.25, 0.3) is 0 Å². The second kappa shape index (κ2) is 5.88. The molecule has 6 nitrogen and oxygen atoms in total. The van der Waals surface area contributed by atoms with Crippen molar-refractivity contribution < 1.29 is 9.50 Å². The SMILES string of the molecule is OCc1cnc2c(F)cc(-c3c[nH]c4nc(CC5CCC5)ncc34)cn12. The molecule has 1 saturated carbocycles. The van der Waals surface area contributed by atoms with E-state index in [0.29, 0.717) is 17.2 Å². The molecule has 0 amide bonds. The first kappa shape index (κ1) is 15.5. The quantitative estimate of drug-likeness (QED) is 0.591. The maximum Gasteiger partial charge on any atom is 0.173 e. The van der Waals surface area contributed by atoms with Crippen LogP contribution < -0.4 is 0 Å². The van der Waals surface area contributed by atoms with Crippen molar-refractivity contribution in [1.82, 2.24) is 24.3 Å². The van der Waals surface area contributed by atoms with Crippen molar-refractivity contribution >= 4 is 16.7 Å². The molecule has 1 aliphatic carbocycles. The van der Waals surface area contributed by atoms with Gasteiger partial charge in [0.2, 0.25) is 0 Å². The first-order chi connectivity index (χ1) is 12.7. The summed E-state index contributed by atoms with van der Waals surface area (Å²) in [6, 6.07) is 1.45. The number of halogens is 1. The van der Waals surface area contributed by atoms with Crippen molar-refractivity contribution in [1.29, 1.82) is 0 Å². The minimum atomic E-state index is -0.431. The third-order valence-electron chi connectivity index (χ3n) is 5.29. The molecule has 7 heteroatoms. The lowest BCUT2D eigenvalue weighted by molar-refractivity contribution is 0.276. The van der Waals surface area contributed by atoms with E-state index in [1.54, 1.807) is 10.6 Å². The molecule has 1 fully saturated rings. The number of nitrogens with zero attached hydrogens (tertiary/aromatic N) is 4. The lowest BCUT2D eigenvalue weighted by atomic mass is 9.83. The maximum absolute atomic E-state index is 14.4. The van der Waals surface area contributed by atoms with Crippen LogP contribution in [0.4, 0.5) is 4.39 Å². The largest absolute Gasteiger partial charge is 0.390 e. The zero-order valence-corrected chi connectivity index (χ0v) is 14.1. The first-order valence-corrected chi connectivity index (χ1v) is 8.82. The molecule has 0 saturated heterocycles. The van der Waals surface area contributed by atoms with Gasteiger partial charge in [-0.3, -0.25) is 4.40 Å². The van der Waals surface area contributed by atoms with Crippen LogP contribution in [0.25, 0.3) is 27.8 Å². The smallest absolute Gasteiger partial charge is 0.173 e. The van der Waals surface area contributed by atoms with Crippen LogP contribution in [0.3, 0.4) is 0 Å². The van der Waals surface area contributed by atoms with Gasteiger partial charge in [0.1, 0.15) is 11.5 Å². The van der Waals surface area contributed by atoms with Crippen molar-refractivity contribution in [3.8, 4) is 11.1 Å². The van der Waals surface area contributed by atoms with Crippen LogP contribution in [0.5, 0.6) is 0 Å². The Bertz CT molecular complexity index is 1110. The number of nitrogens with one attached hydrogen (secondary N) is 1. The number of aromatic nitrogens is 5. The molecule has 0 aliphatic heterocycles. The Hall–Kier alpha value is -2.80. The highest BCUT2D eigenvalue weighted by Gasteiger charge is 2.20. The standard InChI is InChI=1S/C19H18FN5O/c20-16-5-12(9-25-13(10-26)6-23-19(16)25)14-7-22-18-15(14)8-21-17(24-18)4-11-2-1-3-11/h5-9,11,26H,1-4,10H2,(H,21,22,24). The molecule has 4 aromatic rings. The number of H-pyrrole nitrogens is 1. The average molecular weight is 351 g/mol. The summed E-state index contributed by atoms with van der Waals surface area (Å²) >= 11 is 0. The zero-order valence-electron chi connectivity index (χ0n) is 14.1. The predicted molar refractivity (Wildman–Crippen MR) is 95.0 cm³/mol. The Morgan fingerprint density at radius 3 is 2.92 bits per heavy atom. The Morgan fingerprint density at radius 1 is 1.27 bits per heavy atom. The Labute approximate surface area is 148 Å². The third-order valence-corrected chi connectivity index (χ3v) is 5.29. The molecular formula is C19H18FN5O. The summed E-state index contributed by atoms with van der Waals surface area (Å²) < 4.78 is 16.0. The number of rotatable bonds is 4. The van der Waals surface area contributed by atoms with E-state index in [-0.39, 0.29) is 12.3 Å². The van der Waals surface area contributed by atoms with Gasteiger partial charge in [-0.05, 0) is 12.0 Å². The van der Waals surface area contributed by atoms with Gasteiger partial charge in [-0.15, -0.1) is 0 Å². The van der Waals surface area contributed by atoms with E-state index >= 15 is 0 Å². The number of imidazole rings is 1. The number of hydrogen-bond acceptors (Lipinski definition) is 4. The first-order valence-electron chi connectivity index (χ1n) is 8.82. The summed E-state index contributed by atoms with van der Waals surface area (Å²) in [5.74, 6) is 1.13. The van der Waals surface area contributed by atoms with Gasteiger partial charge >= 0.3 is 0 Å². The molecule has 2 N–H and O–H groups in total. The fourth-order valence-corrected chi connectivity index (χ4v) is 3.59. The highest BCUT2D eigenvalue weighted by molar-refractivity contribution is 5.93.